The Morgan fingerprint density at radius 3 is 2.52 bits per heavy atom. The molecule has 1 atom stereocenters. The average Bonchev–Trinajstić information content (AvgIpc) is 3.10. The summed E-state index contributed by atoms with van der Waals surface area (Å²) >= 11 is 0. The summed E-state index contributed by atoms with van der Waals surface area (Å²) in [5.41, 5.74) is 0.432. The van der Waals surface area contributed by atoms with Gasteiger partial charge in [0.25, 0.3) is 0 Å². The molecule has 2 fully saturated rings. The van der Waals surface area contributed by atoms with E-state index in [4.69, 9.17) is 4.52 Å². The first-order chi connectivity index (χ1) is 10.0. The van der Waals surface area contributed by atoms with E-state index < -0.39 is 0 Å². The van der Waals surface area contributed by atoms with Crippen LogP contribution in [0.25, 0.3) is 0 Å². The maximum Gasteiger partial charge on any atom is 0.228 e. The molecule has 2 aliphatic rings. The quantitative estimate of drug-likeness (QED) is 0.923. The second-order valence-electron chi connectivity index (χ2n) is 7.96. The van der Waals surface area contributed by atoms with Crippen LogP contribution < -0.4 is 5.32 Å². The van der Waals surface area contributed by atoms with Gasteiger partial charge in [0, 0.05) is 18.4 Å². The first kappa shape index (κ1) is 15.0. The second-order valence-corrected chi connectivity index (χ2v) is 7.96. The highest BCUT2D eigenvalue weighted by molar-refractivity contribution is 5.00. The predicted octanol–water partition coefficient (Wildman–Crippen LogP) is 3.68. The molecule has 1 unspecified atom stereocenters. The Morgan fingerprint density at radius 2 is 1.90 bits per heavy atom. The fraction of sp³-hybridized carbons (Fsp3) is 0.882. The van der Waals surface area contributed by atoms with Crippen molar-refractivity contribution in [2.75, 3.05) is 6.54 Å². The van der Waals surface area contributed by atoms with Gasteiger partial charge >= 0.3 is 0 Å². The van der Waals surface area contributed by atoms with E-state index in [0.717, 1.165) is 30.6 Å². The van der Waals surface area contributed by atoms with Gasteiger partial charge in [0.2, 0.25) is 5.89 Å². The molecule has 2 heterocycles. The summed E-state index contributed by atoms with van der Waals surface area (Å²) in [7, 11) is 0. The van der Waals surface area contributed by atoms with Crippen molar-refractivity contribution in [3.05, 3.63) is 11.7 Å². The lowest BCUT2D eigenvalue weighted by Crippen LogP contribution is -2.25. The number of nitrogens with zero attached hydrogens (tertiary/aromatic N) is 2. The molecule has 1 aliphatic heterocycles. The molecule has 0 aromatic carbocycles. The lowest BCUT2D eigenvalue weighted by molar-refractivity contribution is 0.166. The molecule has 0 radical (unpaired) electrons. The largest absolute Gasteiger partial charge is 0.339 e. The average molecular weight is 291 g/mol. The van der Waals surface area contributed by atoms with E-state index in [0.29, 0.717) is 17.4 Å². The van der Waals surface area contributed by atoms with Gasteiger partial charge in [0.1, 0.15) is 0 Å². The van der Waals surface area contributed by atoms with E-state index in [-0.39, 0.29) is 0 Å². The zero-order chi connectivity index (χ0) is 14.9. The number of hydrogen-bond donors (Lipinski definition) is 1. The highest BCUT2D eigenvalue weighted by atomic mass is 16.5. The van der Waals surface area contributed by atoms with Crippen LogP contribution >= 0.6 is 0 Å². The molecule has 1 saturated heterocycles. The van der Waals surface area contributed by atoms with Crippen LogP contribution in [-0.4, -0.2) is 22.7 Å². The normalized spacial score (nSPS) is 30.7. The molecule has 1 N–H and O–H groups in total. The summed E-state index contributed by atoms with van der Waals surface area (Å²) in [6.07, 6.45) is 8.40. The topological polar surface area (TPSA) is 51.0 Å². The van der Waals surface area contributed by atoms with Crippen molar-refractivity contribution >= 4 is 0 Å². The van der Waals surface area contributed by atoms with Gasteiger partial charge in [-0.2, -0.15) is 4.98 Å². The van der Waals surface area contributed by atoms with Crippen molar-refractivity contribution in [2.24, 2.45) is 11.3 Å². The van der Waals surface area contributed by atoms with Crippen LogP contribution in [0.15, 0.2) is 4.52 Å². The Labute approximate surface area is 128 Å². The molecule has 4 heteroatoms. The summed E-state index contributed by atoms with van der Waals surface area (Å²) in [6.45, 7) is 8.21. The molecule has 118 valence electrons. The predicted molar refractivity (Wildman–Crippen MR) is 83.2 cm³/mol. The minimum absolute atomic E-state index is 0.432. The van der Waals surface area contributed by atoms with Crippen LogP contribution in [0.5, 0.6) is 0 Å². The Bertz CT molecular complexity index is 449. The Hall–Kier alpha value is -0.900. The van der Waals surface area contributed by atoms with Gasteiger partial charge in [-0.25, -0.2) is 0 Å². The fourth-order valence-electron chi connectivity index (χ4n) is 3.88. The van der Waals surface area contributed by atoms with Gasteiger partial charge < -0.3 is 9.84 Å². The Morgan fingerprint density at radius 1 is 1.14 bits per heavy atom. The second kappa shape index (κ2) is 6.07. The van der Waals surface area contributed by atoms with Gasteiger partial charge in [-0.1, -0.05) is 25.9 Å². The summed E-state index contributed by atoms with van der Waals surface area (Å²) in [6, 6.07) is 0.537. The van der Waals surface area contributed by atoms with Crippen molar-refractivity contribution in [1.82, 2.24) is 15.5 Å². The summed E-state index contributed by atoms with van der Waals surface area (Å²) < 4.78 is 5.47. The summed E-state index contributed by atoms with van der Waals surface area (Å²) in [5.74, 6) is 3.12. The van der Waals surface area contributed by atoms with Crippen molar-refractivity contribution in [3.63, 3.8) is 0 Å². The number of rotatable bonds is 3. The van der Waals surface area contributed by atoms with Gasteiger partial charge in [0.15, 0.2) is 5.82 Å². The van der Waals surface area contributed by atoms with Gasteiger partial charge in [-0.15, -0.1) is 0 Å². The highest BCUT2D eigenvalue weighted by Crippen LogP contribution is 2.42. The van der Waals surface area contributed by atoms with Crippen LogP contribution in [0, 0.1) is 11.3 Å². The molecule has 4 nitrogen and oxygen atoms in total. The van der Waals surface area contributed by atoms with Crippen LogP contribution in [0.4, 0.5) is 0 Å². The van der Waals surface area contributed by atoms with Crippen LogP contribution in [0.1, 0.15) is 76.9 Å². The molecule has 1 aromatic heterocycles. The number of aromatic nitrogens is 2. The molecule has 1 saturated carbocycles. The minimum Gasteiger partial charge on any atom is -0.339 e. The van der Waals surface area contributed by atoms with Crippen molar-refractivity contribution in [1.29, 1.82) is 0 Å². The van der Waals surface area contributed by atoms with Crippen LogP contribution in [0.3, 0.4) is 0 Å². The van der Waals surface area contributed by atoms with E-state index in [1.54, 1.807) is 0 Å². The SMILES string of the molecule is CC(C)(C)C1CCC(c2noc(CC3CCCN3)n2)CC1. The van der Waals surface area contributed by atoms with Crippen molar-refractivity contribution in [3.8, 4) is 0 Å². The van der Waals surface area contributed by atoms with E-state index in [9.17, 15) is 0 Å². The number of hydrogen-bond acceptors (Lipinski definition) is 4. The Balaban J connectivity index is 1.55. The first-order valence-electron chi connectivity index (χ1n) is 8.58. The standard InChI is InChI=1S/C17H29N3O/c1-17(2,3)13-8-6-12(7-9-13)16-19-15(21-20-16)11-14-5-4-10-18-14/h12-14,18H,4-11H2,1-3H3. The van der Waals surface area contributed by atoms with Gasteiger partial charge in [-0.3, -0.25) is 0 Å². The third-order valence-electron chi connectivity index (χ3n) is 5.38. The molecule has 0 amide bonds. The molecule has 21 heavy (non-hydrogen) atoms. The summed E-state index contributed by atoms with van der Waals surface area (Å²) in [4.78, 5) is 4.67. The minimum atomic E-state index is 0.432. The van der Waals surface area contributed by atoms with E-state index in [2.05, 4.69) is 36.2 Å². The molecule has 1 aliphatic carbocycles. The molecule has 3 rings (SSSR count). The Kier molecular flexibility index (Phi) is 4.34. The smallest absolute Gasteiger partial charge is 0.228 e. The van der Waals surface area contributed by atoms with E-state index in [1.807, 2.05) is 0 Å². The summed E-state index contributed by atoms with van der Waals surface area (Å²) in [5, 5.41) is 7.74. The molecular weight excluding hydrogens is 262 g/mol. The van der Waals surface area contributed by atoms with E-state index >= 15 is 0 Å². The molecule has 1 aromatic rings. The van der Waals surface area contributed by atoms with Crippen LogP contribution in [-0.2, 0) is 6.42 Å². The molecule has 0 bridgehead atoms. The van der Waals surface area contributed by atoms with E-state index in [1.165, 1.54) is 38.5 Å². The maximum atomic E-state index is 5.47. The first-order valence-corrected chi connectivity index (χ1v) is 8.58. The molecular formula is C17H29N3O. The third kappa shape index (κ3) is 3.65. The zero-order valence-electron chi connectivity index (χ0n) is 13.7. The highest BCUT2D eigenvalue weighted by Gasteiger charge is 2.32. The maximum absolute atomic E-state index is 5.47. The van der Waals surface area contributed by atoms with Gasteiger partial charge in [0.05, 0.1) is 0 Å². The van der Waals surface area contributed by atoms with Gasteiger partial charge in [-0.05, 0) is 56.4 Å². The lowest BCUT2D eigenvalue weighted by atomic mass is 9.70. The van der Waals surface area contributed by atoms with Crippen molar-refractivity contribution in [2.45, 2.75) is 77.7 Å². The monoisotopic (exact) mass is 291 g/mol. The third-order valence-corrected chi connectivity index (χ3v) is 5.38. The lowest BCUT2D eigenvalue weighted by Gasteiger charge is -2.36. The number of nitrogens with one attached hydrogen (secondary N) is 1. The fourth-order valence-corrected chi connectivity index (χ4v) is 3.88. The zero-order valence-corrected chi connectivity index (χ0v) is 13.7. The van der Waals surface area contributed by atoms with Crippen molar-refractivity contribution < 1.29 is 4.52 Å². The molecule has 0 spiro atoms. The van der Waals surface area contributed by atoms with Crippen LogP contribution in [0.2, 0.25) is 0 Å².